The minimum absolute atomic E-state index is 0.0747. The number of aromatic nitrogens is 5. The number of rotatable bonds is 16. The summed E-state index contributed by atoms with van der Waals surface area (Å²) in [5.41, 5.74) is 15.7. The molecule has 0 radical (unpaired) electrons. The van der Waals surface area contributed by atoms with E-state index in [4.69, 9.17) is 25.7 Å². The van der Waals surface area contributed by atoms with Crippen molar-refractivity contribution in [1.82, 2.24) is 35.3 Å². The van der Waals surface area contributed by atoms with Crippen molar-refractivity contribution in [2.45, 2.75) is 109 Å². The number of benzene rings is 2. The molecular formula is C43H53N9O6. The summed E-state index contributed by atoms with van der Waals surface area (Å²) in [5.74, 6) is 2.50. The van der Waals surface area contributed by atoms with E-state index in [0.717, 1.165) is 57.3 Å². The zero-order valence-corrected chi connectivity index (χ0v) is 33.1. The van der Waals surface area contributed by atoms with Crippen molar-refractivity contribution < 1.29 is 28.8 Å². The van der Waals surface area contributed by atoms with Crippen LogP contribution in [0.5, 0.6) is 5.75 Å². The van der Waals surface area contributed by atoms with Gasteiger partial charge in [-0.3, -0.25) is 9.59 Å². The number of hydrogen-bond acceptors (Lipinski definition) is 10. The van der Waals surface area contributed by atoms with Gasteiger partial charge < -0.3 is 46.0 Å². The Morgan fingerprint density at radius 2 is 1.74 bits per heavy atom. The van der Waals surface area contributed by atoms with Crippen LogP contribution in [0.1, 0.15) is 91.4 Å². The number of amides is 3. The maximum absolute atomic E-state index is 14.7. The van der Waals surface area contributed by atoms with Crippen molar-refractivity contribution in [3.05, 3.63) is 89.0 Å². The molecule has 3 unspecified atom stereocenters. The molecular weight excluding hydrogens is 739 g/mol. The quantitative estimate of drug-likeness (QED) is 0.0737. The van der Waals surface area contributed by atoms with Gasteiger partial charge in [0.25, 0.3) is 5.91 Å². The van der Waals surface area contributed by atoms with Crippen molar-refractivity contribution in [2.24, 2.45) is 28.9 Å². The van der Waals surface area contributed by atoms with E-state index < -0.39 is 36.1 Å². The fraction of sp³-hybridized carbons (Fsp3) is 0.488. The van der Waals surface area contributed by atoms with E-state index in [2.05, 4.69) is 25.8 Å². The Bertz CT molecular complexity index is 2240. The Morgan fingerprint density at radius 3 is 2.41 bits per heavy atom. The smallest absolute Gasteiger partial charge is 0.405 e. The van der Waals surface area contributed by atoms with E-state index in [1.165, 1.54) is 38.5 Å². The molecule has 2 aromatic carbocycles. The van der Waals surface area contributed by atoms with Gasteiger partial charge in [0.1, 0.15) is 17.8 Å². The standard InChI is InChI=1S/C43H53N9O6/c1-24-12-30(53)13-25(2)32(24)18-34(48-39(55)36(57-42(45)56)8-5-10-52-11-9-46-41(52)44)38(54)49-35(17-29-23-47-33-7-4-3-6-31(29)33)40-50-37(51-58-40)22-43-19-26-14-27(20-43)16-28(15-26)21-43/h3-4,6-7,9,11-13,23,26-28,34-36,47,53H,5,8,10,14-22H2,1-2H3,(H2,44,46)(H2,45,56)(H,48,55)(H,49,54). The van der Waals surface area contributed by atoms with Crippen LogP contribution in [-0.2, 0) is 40.1 Å². The number of primary amides is 1. The number of anilines is 1. The predicted octanol–water partition coefficient (Wildman–Crippen LogP) is 5.48. The number of phenols is 1. The van der Waals surface area contributed by atoms with Crippen LogP contribution in [0.15, 0.2) is 59.5 Å². The third-order valence-corrected chi connectivity index (χ3v) is 12.8. The molecule has 3 heterocycles. The van der Waals surface area contributed by atoms with E-state index in [1.807, 2.05) is 44.3 Å². The highest BCUT2D eigenvalue weighted by molar-refractivity contribution is 5.91. The number of hydrogen-bond donors (Lipinski definition) is 6. The number of fused-ring (bicyclic) bond motifs is 1. The van der Waals surface area contributed by atoms with E-state index in [9.17, 15) is 19.5 Å². The molecule has 8 N–H and O–H groups in total. The molecule has 4 bridgehead atoms. The Balaban J connectivity index is 1.07. The second-order valence-corrected chi connectivity index (χ2v) is 17.1. The van der Waals surface area contributed by atoms with Crippen LogP contribution < -0.4 is 22.1 Å². The highest BCUT2D eigenvalue weighted by Crippen LogP contribution is 2.61. The van der Waals surface area contributed by atoms with Gasteiger partial charge in [-0.05, 0) is 129 Å². The van der Waals surface area contributed by atoms with Crippen molar-refractivity contribution in [3.63, 3.8) is 0 Å². The zero-order valence-electron chi connectivity index (χ0n) is 33.1. The molecule has 3 amide bonds. The lowest BCUT2D eigenvalue weighted by molar-refractivity contribution is -0.134. The normalized spacial score (nSPS) is 22.4. The summed E-state index contributed by atoms with van der Waals surface area (Å²) < 4.78 is 13.0. The minimum Gasteiger partial charge on any atom is -0.508 e. The topological polar surface area (TPSA) is 229 Å². The number of aryl methyl sites for hydroxylation is 3. The molecule has 9 rings (SSSR count). The second-order valence-electron chi connectivity index (χ2n) is 17.1. The maximum Gasteiger partial charge on any atom is 0.405 e. The third-order valence-electron chi connectivity index (χ3n) is 12.8. The molecule has 4 aliphatic rings. The first-order valence-corrected chi connectivity index (χ1v) is 20.4. The molecule has 0 saturated heterocycles. The number of nitrogens with one attached hydrogen (secondary N) is 3. The number of nitrogens with two attached hydrogens (primary N) is 2. The molecule has 15 heteroatoms. The number of H-pyrrole nitrogens is 1. The van der Waals surface area contributed by atoms with E-state index in [1.54, 1.807) is 29.1 Å². The van der Waals surface area contributed by atoms with Gasteiger partial charge >= 0.3 is 6.09 Å². The van der Waals surface area contributed by atoms with Crippen LogP contribution in [-0.4, -0.2) is 59.8 Å². The Morgan fingerprint density at radius 1 is 1.03 bits per heavy atom. The number of nitrogens with zero attached hydrogens (tertiary/aromatic N) is 4. The number of carbonyl (C=O) groups excluding carboxylic acids is 3. The summed E-state index contributed by atoms with van der Waals surface area (Å²) >= 11 is 0. The van der Waals surface area contributed by atoms with E-state index in [-0.39, 0.29) is 29.9 Å². The first-order chi connectivity index (χ1) is 27.9. The number of imidazole rings is 1. The van der Waals surface area contributed by atoms with Crippen LogP contribution >= 0.6 is 0 Å². The van der Waals surface area contributed by atoms with E-state index in [0.29, 0.717) is 31.2 Å². The summed E-state index contributed by atoms with van der Waals surface area (Å²) in [4.78, 5) is 53.0. The van der Waals surface area contributed by atoms with Crippen LogP contribution in [0.25, 0.3) is 10.9 Å². The Kier molecular flexibility index (Phi) is 10.9. The molecule has 5 aromatic rings. The average Bonchev–Trinajstić information content (AvgIpc) is 3.91. The fourth-order valence-electron chi connectivity index (χ4n) is 10.6. The molecule has 4 fully saturated rings. The Hall–Kier alpha value is -5.86. The number of ether oxygens (including phenoxy) is 1. The van der Waals surface area contributed by atoms with Crippen LogP contribution in [0, 0.1) is 37.0 Å². The monoisotopic (exact) mass is 791 g/mol. The first kappa shape index (κ1) is 39.0. The minimum atomic E-state index is -1.29. The number of carbonyl (C=O) groups is 3. The molecule has 0 aliphatic heterocycles. The van der Waals surface area contributed by atoms with Gasteiger partial charge in [-0.2, -0.15) is 4.98 Å². The van der Waals surface area contributed by atoms with Gasteiger partial charge in [-0.15, -0.1) is 0 Å². The number of aromatic amines is 1. The molecule has 3 atom stereocenters. The molecule has 306 valence electrons. The summed E-state index contributed by atoms with van der Waals surface area (Å²) in [7, 11) is 0. The van der Waals surface area contributed by atoms with Crippen molar-refractivity contribution in [3.8, 4) is 5.75 Å². The fourth-order valence-corrected chi connectivity index (χ4v) is 10.6. The SMILES string of the molecule is Cc1cc(O)cc(C)c1CC(NC(=O)C(CCCn1ccnc1N)OC(N)=O)C(=O)NC(Cc1c[nH]c2ccccc12)c1nc(CC23CC4CC(CC(C4)C2)C3)no1. The van der Waals surface area contributed by atoms with Crippen molar-refractivity contribution in [1.29, 1.82) is 0 Å². The van der Waals surface area contributed by atoms with Gasteiger partial charge in [0.05, 0.1) is 0 Å². The Labute approximate surface area is 336 Å². The summed E-state index contributed by atoms with van der Waals surface area (Å²) in [5, 5.41) is 21.8. The number of para-hydroxylation sites is 1. The predicted molar refractivity (Wildman–Crippen MR) is 215 cm³/mol. The van der Waals surface area contributed by atoms with Gasteiger partial charge in [-0.25, -0.2) is 9.78 Å². The largest absolute Gasteiger partial charge is 0.508 e. The molecule has 3 aromatic heterocycles. The molecule has 4 aliphatic carbocycles. The lowest BCUT2D eigenvalue weighted by Crippen LogP contribution is -2.52. The summed E-state index contributed by atoms with van der Waals surface area (Å²) in [6.45, 7) is 4.09. The number of phenolic OH excluding ortho intramolecular Hbond substituents is 1. The third kappa shape index (κ3) is 8.53. The van der Waals surface area contributed by atoms with Gasteiger partial charge in [-0.1, -0.05) is 23.4 Å². The summed E-state index contributed by atoms with van der Waals surface area (Å²) in [6.07, 6.45) is 12.1. The van der Waals surface area contributed by atoms with E-state index >= 15 is 0 Å². The molecule has 15 nitrogen and oxygen atoms in total. The highest BCUT2D eigenvalue weighted by Gasteiger charge is 2.51. The summed E-state index contributed by atoms with van der Waals surface area (Å²) in [6, 6.07) is 9.28. The van der Waals surface area contributed by atoms with Crippen molar-refractivity contribution >= 4 is 34.8 Å². The number of nitrogen functional groups attached to an aromatic ring is 1. The number of aromatic hydroxyl groups is 1. The average molecular weight is 792 g/mol. The second kappa shape index (κ2) is 16.2. The molecule has 58 heavy (non-hydrogen) atoms. The first-order valence-electron chi connectivity index (χ1n) is 20.4. The van der Waals surface area contributed by atoms with Gasteiger partial charge in [0, 0.05) is 55.3 Å². The zero-order chi connectivity index (χ0) is 40.6. The lowest BCUT2D eigenvalue weighted by atomic mass is 9.49. The highest BCUT2D eigenvalue weighted by atomic mass is 16.6. The lowest BCUT2D eigenvalue weighted by Gasteiger charge is -2.56. The van der Waals surface area contributed by atoms with Crippen LogP contribution in [0.3, 0.4) is 0 Å². The maximum atomic E-state index is 14.7. The molecule has 4 saturated carbocycles. The van der Waals surface area contributed by atoms with Gasteiger partial charge in [0.15, 0.2) is 17.9 Å². The van der Waals surface area contributed by atoms with Crippen LogP contribution in [0.2, 0.25) is 0 Å². The van der Waals surface area contributed by atoms with Gasteiger partial charge in [0.2, 0.25) is 11.8 Å². The molecule has 0 spiro atoms. The van der Waals surface area contributed by atoms with Crippen molar-refractivity contribution in [2.75, 3.05) is 5.73 Å². The van der Waals surface area contributed by atoms with Crippen LogP contribution in [0.4, 0.5) is 10.7 Å².